The zero-order valence-electron chi connectivity index (χ0n) is 17.0. The molecule has 0 aliphatic carbocycles. The van der Waals surface area contributed by atoms with E-state index in [0.29, 0.717) is 49.4 Å². The molecule has 30 heavy (non-hydrogen) atoms. The second-order valence-electron chi connectivity index (χ2n) is 7.28. The molecule has 3 rings (SSSR count). The van der Waals surface area contributed by atoms with E-state index in [1.807, 2.05) is 0 Å². The Hall–Kier alpha value is -3.20. The van der Waals surface area contributed by atoms with Gasteiger partial charge in [-0.15, -0.1) is 0 Å². The van der Waals surface area contributed by atoms with Gasteiger partial charge in [0.25, 0.3) is 0 Å². The second kappa shape index (κ2) is 9.53. The highest BCUT2D eigenvalue weighted by Crippen LogP contribution is 2.25. The fourth-order valence-electron chi connectivity index (χ4n) is 3.52. The number of carbonyl (C=O) groups excluding carboxylic acids is 1. The summed E-state index contributed by atoms with van der Waals surface area (Å²) in [6.45, 7) is 3.73. The van der Waals surface area contributed by atoms with Crippen LogP contribution in [0.5, 0.6) is 0 Å². The molecular formula is C21H27FN6O2. The maximum absolute atomic E-state index is 14.6. The van der Waals surface area contributed by atoms with Gasteiger partial charge in [0.05, 0.1) is 19.2 Å². The molecule has 1 saturated heterocycles. The summed E-state index contributed by atoms with van der Waals surface area (Å²) >= 11 is 0. The van der Waals surface area contributed by atoms with Gasteiger partial charge in [-0.1, -0.05) is 6.07 Å². The van der Waals surface area contributed by atoms with E-state index in [1.54, 1.807) is 11.0 Å². The number of nitrogens with zero attached hydrogens (tertiary/aromatic N) is 2. The van der Waals surface area contributed by atoms with Crippen LogP contribution >= 0.6 is 0 Å². The monoisotopic (exact) mass is 414 g/mol. The van der Waals surface area contributed by atoms with Crippen molar-refractivity contribution in [1.82, 2.24) is 10.2 Å². The van der Waals surface area contributed by atoms with E-state index in [1.165, 1.54) is 25.3 Å². The average Bonchev–Trinajstić information content (AvgIpc) is 3.24. The third kappa shape index (κ3) is 4.85. The van der Waals surface area contributed by atoms with Gasteiger partial charge in [-0.05, 0) is 24.1 Å². The topological polar surface area (TPSA) is 130 Å². The third-order valence-electron chi connectivity index (χ3n) is 5.26. The molecule has 0 aromatic heterocycles. The molecule has 2 heterocycles. The first kappa shape index (κ1) is 21.5. The maximum atomic E-state index is 14.6. The number of benzene rings is 1. The van der Waals surface area contributed by atoms with Gasteiger partial charge in [0.2, 0.25) is 5.91 Å². The Morgan fingerprint density at radius 2 is 2.27 bits per heavy atom. The van der Waals surface area contributed by atoms with E-state index in [2.05, 4.69) is 10.3 Å². The molecule has 1 atom stereocenters. The molecule has 9 heteroatoms. The summed E-state index contributed by atoms with van der Waals surface area (Å²) in [4.78, 5) is 17.9. The first-order valence-corrected chi connectivity index (χ1v) is 9.81. The van der Waals surface area contributed by atoms with Gasteiger partial charge in [-0.2, -0.15) is 0 Å². The van der Waals surface area contributed by atoms with E-state index in [4.69, 9.17) is 21.6 Å². The van der Waals surface area contributed by atoms with Crippen LogP contribution in [0.3, 0.4) is 0 Å². The van der Waals surface area contributed by atoms with Gasteiger partial charge < -0.3 is 31.8 Å². The van der Waals surface area contributed by atoms with Crippen molar-refractivity contribution >= 4 is 29.2 Å². The van der Waals surface area contributed by atoms with Crippen molar-refractivity contribution in [2.45, 2.75) is 25.8 Å². The van der Waals surface area contributed by atoms with E-state index in [9.17, 15) is 9.18 Å². The normalized spacial score (nSPS) is 20.5. The van der Waals surface area contributed by atoms with Crippen molar-refractivity contribution < 1.29 is 13.9 Å². The predicted octanol–water partition coefficient (Wildman–Crippen LogP) is 1.65. The van der Waals surface area contributed by atoms with E-state index in [0.717, 1.165) is 18.3 Å². The summed E-state index contributed by atoms with van der Waals surface area (Å²) in [5, 5.41) is 10.8. The van der Waals surface area contributed by atoms with Crippen LogP contribution in [-0.2, 0) is 9.53 Å². The molecule has 1 aromatic rings. The highest BCUT2D eigenvalue weighted by molar-refractivity contribution is 6.08. The lowest BCUT2D eigenvalue weighted by Crippen LogP contribution is -2.43. The Kier molecular flexibility index (Phi) is 6.83. The minimum absolute atomic E-state index is 0.0492. The first-order chi connectivity index (χ1) is 14.4. The van der Waals surface area contributed by atoms with Crippen LogP contribution in [0, 0.1) is 11.2 Å². The number of halogens is 1. The lowest BCUT2D eigenvalue weighted by atomic mass is 10.0. The molecule has 6 N–H and O–H groups in total. The largest absolute Gasteiger partial charge is 0.404 e. The molecule has 0 spiro atoms. The van der Waals surface area contributed by atoms with Gasteiger partial charge in [0.15, 0.2) is 0 Å². The third-order valence-corrected chi connectivity index (χ3v) is 5.26. The summed E-state index contributed by atoms with van der Waals surface area (Å²) in [7, 11) is 0. The van der Waals surface area contributed by atoms with Gasteiger partial charge in [-0.25, -0.2) is 9.38 Å². The molecule has 0 radical (unpaired) electrons. The number of rotatable bonds is 6. The van der Waals surface area contributed by atoms with Crippen LogP contribution in [0.1, 0.15) is 25.3 Å². The van der Waals surface area contributed by atoms with Gasteiger partial charge in [0, 0.05) is 55.8 Å². The fraction of sp³-hybridized carbons (Fsp3) is 0.381. The molecule has 1 amide bonds. The zero-order valence-corrected chi connectivity index (χ0v) is 17.0. The maximum Gasteiger partial charge on any atom is 0.219 e. The zero-order chi connectivity index (χ0) is 21.7. The van der Waals surface area contributed by atoms with Crippen molar-refractivity contribution in [2.24, 2.45) is 16.5 Å². The van der Waals surface area contributed by atoms with Crippen LogP contribution in [-0.4, -0.2) is 55.2 Å². The highest BCUT2D eigenvalue weighted by Gasteiger charge is 2.26. The molecule has 1 unspecified atom stereocenters. The summed E-state index contributed by atoms with van der Waals surface area (Å²) in [6, 6.07) is 4.58. The number of ether oxygens (including phenoxy) is 1. The summed E-state index contributed by atoms with van der Waals surface area (Å²) in [5.74, 6) is -0.460. The minimum Gasteiger partial charge on any atom is -0.404 e. The number of aliphatic imine (C=N–C) groups is 1. The highest BCUT2D eigenvalue weighted by atomic mass is 19.1. The quantitative estimate of drug-likeness (QED) is 0.415. The van der Waals surface area contributed by atoms with Crippen molar-refractivity contribution in [2.75, 3.05) is 26.3 Å². The van der Waals surface area contributed by atoms with Crippen molar-refractivity contribution in [3.05, 3.63) is 47.0 Å². The van der Waals surface area contributed by atoms with E-state index >= 15 is 0 Å². The molecule has 1 fully saturated rings. The Morgan fingerprint density at radius 1 is 1.47 bits per heavy atom. The smallest absolute Gasteiger partial charge is 0.219 e. The molecule has 160 valence electrons. The molecule has 0 bridgehead atoms. The number of nitrogens with one attached hydrogen (secondary N) is 2. The first-order valence-electron chi connectivity index (χ1n) is 9.81. The fourth-order valence-corrected chi connectivity index (χ4v) is 3.52. The van der Waals surface area contributed by atoms with Gasteiger partial charge >= 0.3 is 0 Å². The lowest BCUT2D eigenvalue weighted by molar-refractivity contribution is -0.128. The Labute approximate surface area is 175 Å². The number of amides is 1. The summed E-state index contributed by atoms with van der Waals surface area (Å²) in [6.07, 6.45) is 3.81. The van der Waals surface area contributed by atoms with Crippen LogP contribution in [0.2, 0.25) is 0 Å². The minimum atomic E-state index is -0.574. The van der Waals surface area contributed by atoms with Crippen LogP contribution in [0.25, 0.3) is 5.57 Å². The average molecular weight is 414 g/mol. The number of amidine groups is 1. The number of allylic oxidation sites excluding steroid dienone is 1. The van der Waals surface area contributed by atoms with Crippen molar-refractivity contribution in [3.8, 4) is 0 Å². The molecule has 2 aliphatic rings. The molecule has 8 nitrogen and oxygen atoms in total. The Bertz CT molecular complexity index is 918. The summed E-state index contributed by atoms with van der Waals surface area (Å²) < 4.78 is 20.0. The predicted molar refractivity (Wildman–Crippen MR) is 115 cm³/mol. The number of carbonyl (C=O) groups is 1. The SMILES string of the molecule is CC(=O)N1CCC(NC2CCOC2)=C(C(N)=Nc2ccc(/C(C=N)=C/N)cc2F)C1. The molecule has 1 aromatic carbocycles. The van der Waals surface area contributed by atoms with Crippen LogP contribution in [0.15, 0.2) is 40.7 Å². The van der Waals surface area contributed by atoms with Gasteiger partial charge in [-0.3, -0.25) is 4.79 Å². The Morgan fingerprint density at radius 3 is 2.87 bits per heavy atom. The van der Waals surface area contributed by atoms with Crippen LogP contribution < -0.4 is 16.8 Å². The standard InChI is InChI=1S/C21H27FN6O2/c1-13(29)28-6-4-19(26-16-5-7-30-12-16)17(11-28)21(25)27-20-3-2-14(8-18(20)22)15(9-23)10-24/h2-3,8-10,16,23,26H,4-7,11-12,24H2,1H3,(H2,25,27)/b15-10+,23-9?. The second-order valence-corrected chi connectivity index (χ2v) is 7.28. The summed E-state index contributed by atoms with van der Waals surface area (Å²) in [5.41, 5.74) is 14.3. The number of hydrogen-bond acceptors (Lipinski definition) is 6. The lowest BCUT2D eigenvalue weighted by Gasteiger charge is -2.31. The van der Waals surface area contributed by atoms with Crippen molar-refractivity contribution in [3.63, 3.8) is 0 Å². The van der Waals surface area contributed by atoms with E-state index in [-0.39, 0.29) is 23.5 Å². The van der Waals surface area contributed by atoms with Crippen LogP contribution in [0.4, 0.5) is 10.1 Å². The van der Waals surface area contributed by atoms with Crippen molar-refractivity contribution in [1.29, 1.82) is 5.41 Å². The molecular weight excluding hydrogens is 387 g/mol. The molecule has 0 saturated carbocycles. The molecule has 2 aliphatic heterocycles. The Balaban J connectivity index is 1.92. The van der Waals surface area contributed by atoms with E-state index < -0.39 is 5.82 Å². The van der Waals surface area contributed by atoms with Gasteiger partial charge in [0.1, 0.15) is 17.3 Å². The number of hydrogen-bond donors (Lipinski definition) is 4. The number of nitrogens with two attached hydrogens (primary N) is 2.